The van der Waals surface area contributed by atoms with Crippen molar-refractivity contribution in [3.8, 4) is 0 Å². The van der Waals surface area contributed by atoms with Gasteiger partial charge in [0.05, 0.1) is 0 Å². The maximum Gasteiger partial charge on any atom is 0.128 e. The Labute approximate surface area is 93.1 Å². The van der Waals surface area contributed by atoms with E-state index in [-0.39, 0.29) is 5.82 Å². The number of nitrogens with one attached hydrogen (secondary N) is 1. The third-order valence-electron chi connectivity index (χ3n) is 2.20. The van der Waals surface area contributed by atoms with E-state index in [1.807, 2.05) is 0 Å². The number of hydrogen-bond acceptors (Lipinski definition) is 3. The van der Waals surface area contributed by atoms with Crippen molar-refractivity contribution in [2.45, 2.75) is 6.54 Å². The van der Waals surface area contributed by atoms with Gasteiger partial charge in [0.25, 0.3) is 0 Å². The third kappa shape index (κ3) is 2.48. The summed E-state index contributed by atoms with van der Waals surface area (Å²) in [4.78, 5) is 4.07. The number of rotatable bonds is 3. The van der Waals surface area contributed by atoms with Gasteiger partial charge in [-0.15, -0.1) is 0 Å². The fourth-order valence-corrected chi connectivity index (χ4v) is 1.37. The van der Waals surface area contributed by atoms with Crippen molar-refractivity contribution in [3.63, 3.8) is 0 Å². The van der Waals surface area contributed by atoms with E-state index in [4.69, 9.17) is 5.73 Å². The van der Waals surface area contributed by atoms with Crippen LogP contribution in [0.4, 0.5) is 15.9 Å². The van der Waals surface area contributed by atoms with Crippen LogP contribution >= 0.6 is 0 Å². The van der Waals surface area contributed by atoms with E-state index in [0.29, 0.717) is 23.6 Å². The molecule has 82 valence electrons. The third-order valence-corrected chi connectivity index (χ3v) is 2.20. The zero-order valence-corrected chi connectivity index (χ0v) is 8.65. The van der Waals surface area contributed by atoms with Crippen LogP contribution in [-0.2, 0) is 6.54 Å². The van der Waals surface area contributed by atoms with Gasteiger partial charge in [0.15, 0.2) is 0 Å². The first-order chi connectivity index (χ1) is 7.75. The lowest BCUT2D eigenvalue weighted by atomic mass is 10.2. The molecule has 0 aliphatic rings. The van der Waals surface area contributed by atoms with Crippen LogP contribution in [0.1, 0.15) is 5.56 Å². The van der Waals surface area contributed by atoms with E-state index in [0.717, 1.165) is 0 Å². The molecule has 3 N–H and O–H groups in total. The molecular weight excluding hydrogens is 205 g/mol. The summed E-state index contributed by atoms with van der Waals surface area (Å²) < 4.78 is 13.3. The van der Waals surface area contributed by atoms with Gasteiger partial charge < -0.3 is 11.1 Å². The van der Waals surface area contributed by atoms with Gasteiger partial charge in [0.1, 0.15) is 11.6 Å². The predicted molar refractivity (Wildman–Crippen MR) is 62.4 cm³/mol. The van der Waals surface area contributed by atoms with Crippen molar-refractivity contribution < 1.29 is 4.39 Å². The minimum absolute atomic E-state index is 0.223. The SMILES string of the molecule is Nc1ccnc(NCc2ccccc2F)c1. The minimum atomic E-state index is -0.223. The summed E-state index contributed by atoms with van der Waals surface area (Å²) in [5.41, 5.74) is 6.84. The van der Waals surface area contributed by atoms with Crippen LogP contribution in [-0.4, -0.2) is 4.98 Å². The fraction of sp³-hybridized carbons (Fsp3) is 0.0833. The highest BCUT2D eigenvalue weighted by Gasteiger charge is 2.00. The summed E-state index contributed by atoms with van der Waals surface area (Å²) in [6, 6.07) is 10.0. The molecule has 2 rings (SSSR count). The Morgan fingerprint density at radius 3 is 2.81 bits per heavy atom. The number of hydrogen-bond donors (Lipinski definition) is 2. The maximum absolute atomic E-state index is 13.3. The largest absolute Gasteiger partial charge is 0.399 e. The number of pyridine rings is 1. The number of benzene rings is 1. The summed E-state index contributed by atoms with van der Waals surface area (Å²) in [6.45, 7) is 0.392. The van der Waals surface area contributed by atoms with Crippen LogP contribution in [0.5, 0.6) is 0 Å². The Morgan fingerprint density at radius 2 is 2.06 bits per heavy atom. The molecule has 0 atom stereocenters. The van der Waals surface area contributed by atoms with Gasteiger partial charge >= 0.3 is 0 Å². The molecule has 0 saturated heterocycles. The molecule has 4 heteroatoms. The van der Waals surface area contributed by atoms with Gasteiger partial charge in [0.2, 0.25) is 0 Å². The number of nitrogens with two attached hydrogens (primary N) is 1. The second-order valence-corrected chi connectivity index (χ2v) is 3.42. The standard InChI is InChI=1S/C12H12FN3/c13-11-4-2-1-3-9(11)8-16-12-7-10(14)5-6-15-12/h1-7H,8H2,(H3,14,15,16). The highest BCUT2D eigenvalue weighted by atomic mass is 19.1. The van der Waals surface area contributed by atoms with Crippen LogP contribution < -0.4 is 11.1 Å². The normalized spacial score (nSPS) is 10.1. The van der Waals surface area contributed by atoms with E-state index in [9.17, 15) is 4.39 Å². The minimum Gasteiger partial charge on any atom is -0.399 e. The van der Waals surface area contributed by atoms with Crippen LogP contribution in [0.25, 0.3) is 0 Å². The first-order valence-electron chi connectivity index (χ1n) is 4.94. The summed E-state index contributed by atoms with van der Waals surface area (Å²) in [6.07, 6.45) is 1.61. The molecule has 0 aliphatic carbocycles. The molecule has 0 aliphatic heterocycles. The molecule has 0 saturated carbocycles. The van der Waals surface area contributed by atoms with E-state index in [1.54, 1.807) is 36.5 Å². The number of nitrogen functional groups attached to an aromatic ring is 1. The molecule has 0 spiro atoms. The lowest BCUT2D eigenvalue weighted by molar-refractivity contribution is 0.613. The molecule has 1 aromatic carbocycles. The monoisotopic (exact) mass is 217 g/mol. The summed E-state index contributed by atoms with van der Waals surface area (Å²) in [7, 11) is 0. The molecule has 1 heterocycles. The van der Waals surface area contributed by atoms with Crippen LogP contribution in [0.15, 0.2) is 42.6 Å². The van der Waals surface area contributed by atoms with Crippen molar-refractivity contribution in [2.24, 2.45) is 0 Å². The Bertz CT molecular complexity index is 485. The molecule has 0 unspecified atom stereocenters. The van der Waals surface area contributed by atoms with Crippen LogP contribution in [0.3, 0.4) is 0 Å². The average Bonchev–Trinajstić information content (AvgIpc) is 2.28. The highest BCUT2D eigenvalue weighted by Crippen LogP contribution is 2.11. The fourth-order valence-electron chi connectivity index (χ4n) is 1.37. The zero-order chi connectivity index (χ0) is 11.4. The molecule has 3 nitrogen and oxygen atoms in total. The second kappa shape index (κ2) is 4.61. The Kier molecular flexibility index (Phi) is 3.00. The molecule has 0 radical (unpaired) electrons. The van der Waals surface area contributed by atoms with Gasteiger partial charge in [-0.1, -0.05) is 18.2 Å². The summed E-state index contributed by atoms with van der Waals surface area (Å²) in [5.74, 6) is 0.419. The summed E-state index contributed by atoms with van der Waals surface area (Å²) >= 11 is 0. The lowest BCUT2D eigenvalue weighted by Gasteiger charge is -2.06. The molecule has 1 aromatic heterocycles. The van der Waals surface area contributed by atoms with Gasteiger partial charge in [-0.3, -0.25) is 0 Å². The van der Waals surface area contributed by atoms with E-state index >= 15 is 0 Å². The van der Waals surface area contributed by atoms with Gasteiger partial charge in [-0.05, 0) is 12.1 Å². The number of nitrogens with zero attached hydrogens (tertiary/aromatic N) is 1. The average molecular weight is 217 g/mol. The quantitative estimate of drug-likeness (QED) is 0.830. The molecule has 16 heavy (non-hydrogen) atoms. The van der Waals surface area contributed by atoms with Crippen molar-refractivity contribution in [1.29, 1.82) is 0 Å². The Hall–Kier alpha value is -2.10. The first kappa shape index (κ1) is 10.4. The number of halogens is 1. The summed E-state index contributed by atoms with van der Waals surface area (Å²) in [5, 5.41) is 3.01. The molecular formula is C12H12FN3. The second-order valence-electron chi connectivity index (χ2n) is 3.42. The van der Waals surface area contributed by atoms with Crippen molar-refractivity contribution >= 4 is 11.5 Å². The van der Waals surface area contributed by atoms with E-state index in [1.165, 1.54) is 6.07 Å². The predicted octanol–water partition coefficient (Wildman–Crippen LogP) is 2.42. The van der Waals surface area contributed by atoms with E-state index < -0.39 is 0 Å². The maximum atomic E-state index is 13.3. The highest BCUT2D eigenvalue weighted by molar-refractivity contribution is 5.48. The number of aromatic nitrogens is 1. The zero-order valence-electron chi connectivity index (χ0n) is 8.65. The molecule has 2 aromatic rings. The smallest absolute Gasteiger partial charge is 0.128 e. The molecule has 0 amide bonds. The van der Waals surface area contributed by atoms with Crippen LogP contribution in [0.2, 0.25) is 0 Å². The van der Waals surface area contributed by atoms with Gasteiger partial charge in [0, 0.05) is 30.1 Å². The topological polar surface area (TPSA) is 50.9 Å². The molecule has 0 bridgehead atoms. The van der Waals surface area contributed by atoms with Crippen molar-refractivity contribution in [3.05, 3.63) is 54.0 Å². The lowest BCUT2D eigenvalue weighted by Crippen LogP contribution is -2.03. The van der Waals surface area contributed by atoms with Crippen LogP contribution in [0, 0.1) is 5.82 Å². The van der Waals surface area contributed by atoms with Gasteiger partial charge in [-0.2, -0.15) is 0 Å². The Morgan fingerprint density at radius 1 is 1.25 bits per heavy atom. The van der Waals surface area contributed by atoms with Crippen molar-refractivity contribution in [2.75, 3.05) is 11.1 Å². The van der Waals surface area contributed by atoms with Crippen molar-refractivity contribution in [1.82, 2.24) is 4.98 Å². The van der Waals surface area contributed by atoms with E-state index in [2.05, 4.69) is 10.3 Å². The Balaban J connectivity index is 2.05. The van der Waals surface area contributed by atoms with Gasteiger partial charge in [-0.25, -0.2) is 9.37 Å². The molecule has 0 fully saturated rings. The first-order valence-corrected chi connectivity index (χ1v) is 4.94. The number of anilines is 2.